The maximum atomic E-state index is 5.30. The zero-order valence-corrected chi connectivity index (χ0v) is 13.1. The average Bonchev–Trinajstić information content (AvgIpc) is 2.64. The Bertz CT molecular complexity index is 707. The Labute approximate surface area is 141 Å². The van der Waals surface area contributed by atoms with Crippen molar-refractivity contribution in [1.82, 2.24) is 0 Å². The van der Waals surface area contributed by atoms with Crippen LogP contribution in [0.25, 0.3) is 0 Å². The standard InChI is InChI=1S/C20H16N2O2/c1-3-13-23-19-9-5-17(6-10-19)15-21-22-16-18-7-11-20(12-8-18)24-14-4-2/h1-2,5-12,15-16H,13-14H2/b21-15+,22-16+. The lowest BCUT2D eigenvalue weighted by Gasteiger charge is -2.01. The Morgan fingerprint density at radius 3 is 1.42 bits per heavy atom. The number of rotatable bonds is 7. The quantitative estimate of drug-likeness (QED) is 0.447. The summed E-state index contributed by atoms with van der Waals surface area (Å²) in [6, 6.07) is 14.8. The van der Waals surface area contributed by atoms with Crippen molar-refractivity contribution in [2.24, 2.45) is 10.2 Å². The largest absolute Gasteiger partial charge is 0.481 e. The fraction of sp³-hybridized carbons (Fsp3) is 0.100. The summed E-state index contributed by atoms with van der Waals surface area (Å²) < 4.78 is 10.6. The summed E-state index contributed by atoms with van der Waals surface area (Å²) in [5.74, 6) is 6.28. The van der Waals surface area contributed by atoms with E-state index in [1.807, 2.05) is 48.5 Å². The Kier molecular flexibility index (Phi) is 6.68. The fourth-order valence-corrected chi connectivity index (χ4v) is 1.75. The van der Waals surface area contributed by atoms with Crippen LogP contribution in [0.15, 0.2) is 58.7 Å². The normalized spacial score (nSPS) is 10.4. The number of hydrogen-bond acceptors (Lipinski definition) is 4. The van der Waals surface area contributed by atoms with E-state index in [4.69, 9.17) is 22.3 Å². The number of ether oxygens (including phenoxy) is 2. The smallest absolute Gasteiger partial charge is 0.148 e. The van der Waals surface area contributed by atoms with Gasteiger partial charge in [-0.25, -0.2) is 0 Å². The number of nitrogens with zero attached hydrogens (tertiary/aromatic N) is 2. The van der Waals surface area contributed by atoms with Gasteiger partial charge in [-0.1, -0.05) is 11.8 Å². The molecule has 2 rings (SSSR count). The molecule has 0 unspecified atom stereocenters. The highest BCUT2D eigenvalue weighted by atomic mass is 16.5. The Morgan fingerprint density at radius 2 is 1.08 bits per heavy atom. The second-order valence-electron chi connectivity index (χ2n) is 4.61. The molecule has 4 nitrogen and oxygen atoms in total. The molecule has 0 amide bonds. The molecule has 0 radical (unpaired) electrons. The molecule has 118 valence electrons. The molecule has 0 saturated carbocycles. The SMILES string of the molecule is C#CCOc1ccc(/C=N/N=C/c2ccc(OCC#C)cc2)cc1. The van der Waals surface area contributed by atoms with Crippen LogP contribution in [0, 0.1) is 24.7 Å². The third-order valence-corrected chi connectivity index (χ3v) is 2.88. The number of benzene rings is 2. The van der Waals surface area contributed by atoms with Crippen LogP contribution >= 0.6 is 0 Å². The van der Waals surface area contributed by atoms with E-state index in [-0.39, 0.29) is 13.2 Å². The molecule has 0 fully saturated rings. The van der Waals surface area contributed by atoms with E-state index in [0.717, 1.165) is 22.6 Å². The summed E-state index contributed by atoms with van der Waals surface area (Å²) in [5.41, 5.74) is 1.83. The molecule has 24 heavy (non-hydrogen) atoms. The summed E-state index contributed by atoms with van der Waals surface area (Å²) in [5, 5.41) is 8.03. The van der Waals surface area contributed by atoms with Gasteiger partial charge in [0.15, 0.2) is 0 Å². The van der Waals surface area contributed by atoms with Gasteiger partial charge in [-0.15, -0.1) is 12.8 Å². The first-order chi connectivity index (χ1) is 11.8. The Hall–Kier alpha value is -3.50. The maximum Gasteiger partial charge on any atom is 0.148 e. The van der Waals surface area contributed by atoms with Gasteiger partial charge in [-0.3, -0.25) is 0 Å². The molecule has 2 aromatic carbocycles. The van der Waals surface area contributed by atoms with Crippen LogP contribution in [0.3, 0.4) is 0 Å². The van der Waals surface area contributed by atoms with Gasteiger partial charge in [0.1, 0.15) is 24.7 Å². The molecule has 0 bridgehead atoms. The summed E-state index contributed by atoms with van der Waals surface area (Å²) in [4.78, 5) is 0. The van der Waals surface area contributed by atoms with E-state index in [1.165, 1.54) is 0 Å². The lowest BCUT2D eigenvalue weighted by atomic mass is 10.2. The van der Waals surface area contributed by atoms with Crippen molar-refractivity contribution in [3.8, 4) is 36.2 Å². The van der Waals surface area contributed by atoms with Gasteiger partial charge in [-0.2, -0.15) is 10.2 Å². The van der Waals surface area contributed by atoms with Crippen molar-refractivity contribution in [2.75, 3.05) is 13.2 Å². The van der Waals surface area contributed by atoms with Crippen molar-refractivity contribution in [2.45, 2.75) is 0 Å². The van der Waals surface area contributed by atoms with Crippen molar-refractivity contribution < 1.29 is 9.47 Å². The Balaban J connectivity index is 1.87. The topological polar surface area (TPSA) is 43.2 Å². The molecule has 0 N–H and O–H groups in total. The molecule has 0 spiro atoms. The first-order valence-electron chi connectivity index (χ1n) is 7.21. The van der Waals surface area contributed by atoms with E-state index in [1.54, 1.807) is 12.4 Å². The predicted molar refractivity (Wildman–Crippen MR) is 96.7 cm³/mol. The molecular weight excluding hydrogens is 300 g/mol. The van der Waals surface area contributed by atoms with Crippen molar-refractivity contribution in [3.05, 3.63) is 59.7 Å². The van der Waals surface area contributed by atoms with E-state index in [0.29, 0.717) is 0 Å². The highest BCUT2D eigenvalue weighted by molar-refractivity contribution is 5.82. The monoisotopic (exact) mass is 316 g/mol. The summed E-state index contributed by atoms with van der Waals surface area (Å²) in [6.45, 7) is 0.509. The minimum absolute atomic E-state index is 0.254. The summed E-state index contributed by atoms with van der Waals surface area (Å²) >= 11 is 0. The van der Waals surface area contributed by atoms with Crippen molar-refractivity contribution in [3.63, 3.8) is 0 Å². The molecule has 0 aromatic heterocycles. The Morgan fingerprint density at radius 1 is 0.708 bits per heavy atom. The minimum Gasteiger partial charge on any atom is -0.481 e. The van der Waals surface area contributed by atoms with Gasteiger partial charge in [-0.05, 0) is 59.7 Å². The van der Waals surface area contributed by atoms with Crippen molar-refractivity contribution in [1.29, 1.82) is 0 Å². The van der Waals surface area contributed by atoms with Gasteiger partial charge in [0.25, 0.3) is 0 Å². The van der Waals surface area contributed by atoms with Gasteiger partial charge >= 0.3 is 0 Å². The van der Waals surface area contributed by atoms with Crippen LogP contribution < -0.4 is 9.47 Å². The van der Waals surface area contributed by atoms with Crippen LogP contribution in [-0.2, 0) is 0 Å². The van der Waals surface area contributed by atoms with E-state index < -0.39 is 0 Å². The van der Waals surface area contributed by atoms with Crippen LogP contribution in [0.5, 0.6) is 11.5 Å². The maximum absolute atomic E-state index is 5.30. The molecule has 4 heteroatoms. The summed E-state index contributed by atoms with van der Waals surface area (Å²) in [6.07, 6.45) is 13.6. The third kappa shape index (κ3) is 5.71. The molecular formula is C20H16N2O2. The number of terminal acetylenes is 2. The highest BCUT2D eigenvalue weighted by Crippen LogP contribution is 2.11. The van der Waals surface area contributed by atoms with Crippen LogP contribution in [0.4, 0.5) is 0 Å². The van der Waals surface area contributed by atoms with E-state index >= 15 is 0 Å². The minimum atomic E-state index is 0.254. The van der Waals surface area contributed by atoms with Gasteiger partial charge in [0.05, 0.1) is 12.4 Å². The zero-order chi connectivity index (χ0) is 17.0. The van der Waals surface area contributed by atoms with Gasteiger partial charge < -0.3 is 9.47 Å². The molecule has 0 aliphatic heterocycles. The van der Waals surface area contributed by atoms with Crippen LogP contribution in [-0.4, -0.2) is 25.6 Å². The van der Waals surface area contributed by atoms with E-state index in [2.05, 4.69) is 22.0 Å². The van der Waals surface area contributed by atoms with Crippen LogP contribution in [0.2, 0.25) is 0 Å². The lowest BCUT2D eigenvalue weighted by molar-refractivity contribution is 0.370. The van der Waals surface area contributed by atoms with Gasteiger partial charge in [0, 0.05) is 0 Å². The molecule has 0 atom stereocenters. The molecule has 0 heterocycles. The summed E-state index contributed by atoms with van der Waals surface area (Å²) in [7, 11) is 0. The zero-order valence-electron chi connectivity index (χ0n) is 13.1. The van der Waals surface area contributed by atoms with Crippen molar-refractivity contribution >= 4 is 12.4 Å². The molecule has 0 saturated heterocycles. The van der Waals surface area contributed by atoms with E-state index in [9.17, 15) is 0 Å². The molecule has 2 aromatic rings. The van der Waals surface area contributed by atoms with Gasteiger partial charge in [0.2, 0.25) is 0 Å². The molecule has 0 aliphatic rings. The first-order valence-corrected chi connectivity index (χ1v) is 7.21. The second-order valence-corrected chi connectivity index (χ2v) is 4.61. The number of hydrogen-bond donors (Lipinski definition) is 0. The fourth-order valence-electron chi connectivity index (χ4n) is 1.75. The second kappa shape index (κ2) is 9.50. The predicted octanol–water partition coefficient (Wildman–Crippen LogP) is 3.16. The average molecular weight is 316 g/mol. The van der Waals surface area contributed by atoms with Crippen LogP contribution in [0.1, 0.15) is 11.1 Å². The third-order valence-electron chi connectivity index (χ3n) is 2.88. The highest BCUT2D eigenvalue weighted by Gasteiger charge is 1.93. The lowest BCUT2D eigenvalue weighted by Crippen LogP contribution is -1.93. The first kappa shape index (κ1) is 16.9. The molecule has 0 aliphatic carbocycles.